The Hall–Kier alpha value is -1.95. The van der Waals surface area contributed by atoms with Gasteiger partial charge in [-0.3, -0.25) is 14.9 Å². The predicted molar refractivity (Wildman–Crippen MR) is 70.8 cm³/mol. The van der Waals surface area contributed by atoms with Gasteiger partial charge in [-0.2, -0.15) is 0 Å². The standard InChI is InChI=1S/C13H18N2O4/c1-3-7-19-9-13(16)14-8-11-5-4-6-12(10(11)2)15(17)18/h4-6H,3,7-9H2,1-2H3,(H,14,16). The van der Waals surface area contributed by atoms with Crippen molar-refractivity contribution in [3.8, 4) is 0 Å². The molecule has 0 fully saturated rings. The van der Waals surface area contributed by atoms with E-state index in [1.54, 1.807) is 19.1 Å². The van der Waals surface area contributed by atoms with E-state index >= 15 is 0 Å². The van der Waals surface area contributed by atoms with Crippen LogP contribution in [0.1, 0.15) is 24.5 Å². The van der Waals surface area contributed by atoms with E-state index in [1.165, 1.54) is 6.07 Å². The molecule has 0 aliphatic heterocycles. The third-order valence-corrected chi connectivity index (χ3v) is 2.67. The minimum absolute atomic E-state index is 0.0157. The maximum absolute atomic E-state index is 11.5. The van der Waals surface area contributed by atoms with Crippen LogP contribution in [0.3, 0.4) is 0 Å². The molecule has 1 aromatic rings. The molecule has 1 rings (SSSR count). The lowest BCUT2D eigenvalue weighted by Crippen LogP contribution is -2.27. The van der Waals surface area contributed by atoms with Crippen LogP contribution < -0.4 is 5.32 Å². The fourth-order valence-corrected chi connectivity index (χ4v) is 1.61. The Morgan fingerprint density at radius 1 is 1.47 bits per heavy atom. The third-order valence-electron chi connectivity index (χ3n) is 2.67. The van der Waals surface area contributed by atoms with Crippen LogP contribution in [0, 0.1) is 17.0 Å². The van der Waals surface area contributed by atoms with Gasteiger partial charge in [-0.15, -0.1) is 0 Å². The van der Waals surface area contributed by atoms with Gasteiger partial charge in [-0.25, -0.2) is 0 Å². The fourth-order valence-electron chi connectivity index (χ4n) is 1.61. The summed E-state index contributed by atoms with van der Waals surface area (Å²) in [6.07, 6.45) is 0.858. The Balaban J connectivity index is 2.56. The first kappa shape index (κ1) is 15.1. The van der Waals surface area contributed by atoms with E-state index in [1.807, 2.05) is 6.92 Å². The minimum atomic E-state index is -0.426. The number of hydrogen-bond acceptors (Lipinski definition) is 4. The summed E-state index contributed by atoms with van der Waals surface area (Å²) in [6, 6.07) is 4.82. The van der Waals surface area contributed by atoms with Gasteiger partial charge in [0.2, 0.25) is 5.91 Å². The van der Waals surface area contributed by atoms with Crippen molar-refractivity contribution in [1.29, 1.82) is 0 Å². The van der Waals surface area contributed by atoms with Crippen molar-refractivity contribution in [2.24, 2.45) is 0 Å². The van der Waals surface area contributed by atoms with Gasteiger partial charge in [0.15, 0.2) is 0 Å². The van der Waals surface area contributed by atoms with Crippen LogP contribution in [0.25, 0.3) is 0 Å². The molecule has 0 unspecified atom stereocenters. The zero-order valence-corrected chi connectivity index (χ0v) is 11.1. The zero-order chi connectivity index (χ0) is 14.3. The van der Waals surface area contributed by atoms with Gasteiger partial charge in [0.25, 0.3) is 5.69 Å². The second-order valence-electron chi connectivity index (χ2n) is 4.15. The molecule has 0 aromatic heterocycles. The van der Waals surface area contributed by atoms with Gasteiger partial charge >= 0.3 is 0 Å². The predicted octanol–water partition coefficient (Wildman–Crippen LogP) is 1.95. The maximum Gasteiger partial charge on any atom is 0.272 e. The van der Waals surface area contributed by atoms with E-state index in [2.05, 4.69) is 5.32 Å². The number of ether oxygens (including phenoxy) is 1. The number of nitrogens with one attached hydrogen (secondary N) is 1. The molecule has 0 heterocycles. The highest BCUT2D eigenvalue weighted by atomic mass is 16.6. The molecule has 1 N–H and O–H groups in total. The normalized spacial score (nSPS) is 10.2. The Morgan fingerprint density at radius 2 is 2.21 bits per heavy atom. The molecule has 6 nitrogen and oxygen atoms in total. The van der Waals surface area contributed by atoms with Gasteiger partial charge in [-0.05, 0) is 18.9 Å². The quantitative estimate of drug-likeness (QED) is 0.464. The highest BCUT2D eigenvalue weighted by Crippen LogP contribution is 2.20. The molecular formula is C13H18N2O4. The van der Waals surface area contributed by atoms with Crippen molar-refractivity contribution in [1.82, 2.24) is 5.32 Å². The van der Waals surface area contributed by atoms with Gasteiger partial charge < -0.3 is 10.1 Å². The number of carbonyl (C=O) groups excluding carboxylic acids is 1. The summed E-state index contributed by atoms with van der Waals surface area (Å²) in [4.78, 5) is 21.8. The van der Waals surface area contributed by atoms with E-state index in [9.17, 15) is 14.9 Å². The number of hydrogen-bond donors (Lipinski definition) is 1. The monoisotopic (exact) mass is 266 g/mol. The van der Waals surface area contributed by atoms with Crippen LogP contribution in [0.4, 0.5) is 5.69 Å². The number of rotatable bonds is 7. The number of nitro benzene ring substituents is 1. The van der Waals surface area contributed by atoms with Gasteiger partial charge in [0.05, 0.1) is 4.92 Å². The molecule has 0 saturated heterocycles. The molecule has 104 valence electrons. The third kappa shape index (κ3) is 4.67. The highest BCUT2D eigenvalue weighted by molar-refractivity contribution is 5.77. The smallest absolute Gasteiger partial charge is 0.272 e. The second-order valence-corrected chi connectivity index (χ2v) is 4.15. The lowest BCUT2D eigenvalue weighted by atomic mass is 10.1. The van der Waals surface area contributed by atoms with Crippen molar-refractivity contribution < 1.29 is 14.5 Å². The van der Waals surface area contributed by atoms with Crippen molar-refractivity contribution in [2.75, 3.05) is 13.2 Å². The number of benzene rings is 1. The first-order valence-corrected chi connectivity index (χ1v) is 6.13. The lowest BCUT2D eigenvalue weighted by molar-refractivity contribution is -0.385. The molecule has 0 bridgehead atoms. The van der Waals surface area contributed by atoms with Crippen molar-refractivity contribution >= 4 is 11.6 Å². The van der Waals surface area contributed by atoms with Crippen LogP contribution in [0.5, 0.6) is 0 Å². The largest absolute Gasteiger partial charge is 0.372 e. The van der Waals surface area contributed by atoms with Crippen LogP contribution in [0.15, 0.2) is 18.2 Å². The fraction of sp³-hybridized carbons (Fsp3) is 0.462. The Kier molecular flexibility index (Phi) is 5.95. The van der Waals surface area contributed by atoms with Crippen molar-refractivity contribution in [3.05, 3.63) is 39.4 Å². The van der Waals surface area contributed by atoms with Crippen LogP contribution >= 0.6 is 0 Å². The molecule has 1 amide bonds. The van der Waals surface area contributed by atoms with Crippen LogP contribution in [-0.2, 0) is 16.1 Å². The van der Waals surface area contributed by atoms with Crippen molar-refractivity contribution in [3.63, 3.8) is 0 Å². The average Bonchev–Trinajstić information content (AvgIpc) is 2.37. The molecular weight excluding hydrogens is 248 g/mol. The van der Waals surface area contributed by atoms with Crippen molar-refractivity contribution in [2.45, 2.75) is 26.8 Å². The molecule has 0 saturated carbocycles. The van der Waals surface area contributed by atoms with Gasteiger partial charge in [0, 0.05) is 24.8 Å². The number of amides is 1. The highest BCUT2D eigenvalue weighted by Gasteiger charge is 2.13. The van der Waals surface area contributed by atoms with E-state index in [0.717, 1.165) is 12.0 Å². The van der Waals surface area contributed by atoms with Gasteiger partial charge in [0.1, 0.15) is 6.61 Å². The van der Waals surface area contributed by atoms with E-state index < -0.39 is 4.92 Å². The molecule has 0 aliphatic carbocycles. The van der Waals surface area contributed by atoms with E-state index in [-0.39, 0.29) is 24.7 Å². The number of nitro groups is 1. The minimum Gasteiger partial charge on any atom is -0.372 e. The molecule has 1 aromatic carbocycles. The maximum atomic E-state index is 11.5. The summed E-state index contributed by atoms with van der Waals surface area (Å²) in [7, 11) is 0. The summed E-state index contributed by atoms with van der Waals surface area (Å²) in [5, 5.41) is 13.5. The zero-order valence-electron chi connectivity index (χ0n) is 11.1. The number of nitrogens with zero attached hydrogens (tertiary/aromatic N) is 1. The summed E-state index contributed by atoms with van der Waals surface area (Å²) < 4.78 is 5.10. The Labute approximate surface area is 111 Å². The van der Waals surface area contributed by atoms with Gasteiger partial charge in [-0.1, -0.05) is 19.1 Å². The SMILES string of the molecule is CCCOCC(=O)NCc1cccc([N+](=O)[O-])c1C. The number of carbonyl (C=O) groups is 1. The summed E-state index contributed by atoms with van der Waals surface area (Å²) >= 11 is 0. The summed E-state index contributed by atoms with van der Waals surface area (Å²) in [5.74, 6) is -0.223. The Morgan fingerprint density at radius 3 is 2.84 bits per heavy atom. The van der Waals surface area contributed by atoms with E-state index in [0.29, 0.717) is 12.2 Å². The van der Waals surface area contributed by atoms with E-state index in [4.69, 9.17) is 4.74 Å². The van der Waals surface area contributed by atoms with Crippen LogP contribution in [-0.4, -0.2) is 24.0 Å². The van der Waals surface area contributed by atoms with Crippen LogP contribution in [0.2, 0.25) is 0 Å². The average molecular weight is 266 g/mol. The first-order chi connectivity index (χ1) is 9.06. The summed E-state index contributed by atoms with van der Waals surface area (Å²) in [6.45, 7) is 4.46. The second kappa shape index (κ2) is 7.48. The lowest BCUT2D eigenvalue weighted by Gasteiger charge is -2.08. The topological polar surface area (TPSA) is 81.5 Å². The molecule has 0 atom stereocenters. The first-order valence-electron chi connectivity index (χ1n) is 6.13. The molecule has 19 heavy (non-hydrogen) atoms. The molecule has 0 aliphatic rings. The Bertz CT molecular complexity index is 460. The molecule has 6 heteroatoms. The summed E-state index contributed by atoms with van der Waals surface area (Å²) in [5.41, 5.74) is 1.37. The molecule has 0 spiro atoms. The molecule has 0 radical (unpaired) electrons.